The van der Waals surface area contributed by atoms with E-state index < -0.39 is 0 Å². The molecule has 0 aliphatic heterocycles. The van der Waals surface area contributed by atoms with Crippen molar-refractivity contribution in [3.8, 4) is 0 Å². The van der Waals surface area contributed by atoms with Crippen LogP contribution >= 0.6 is 24.0 Å². The molecule has 1 amide bonds. The van der Waals surface area contributed by atoms with Crippen molar-refractivity contribution in [2.75, 3.05) is 5.75 Å². The summed E-state index contributed by atoms with van der Waals surface area (Å²) in [6.45, 7) is 0.467. The van der Waals surface area contributed by atoms with E-state index in [1.807, 2.05) is 24.3 Å². The number of nitrogens with one attached hydrogen (secondary N) is 1. The number of aromatic nitrogens is 1. The van der Waals surface area contributed by atoms with Gasteiger partial charge in [-0.05, 0) is 12.1 Å². The second-order valence-corrected chi connectivity index (χ2v) is 4.40. The predicted octanol–water partition coefficient (Wildman–Crippen LogP) is 2.11. The van der Waals surface area contributed by atoms with Crippen LogP contribution in [0.2, 0.25) is 0 Å². The molecule has 2 rings (SSSR count). The number of hydrogen-bond donors (Lipinski definition) is 1. The maximum absolute atomic E-state index is 11.0. The second-order valence-electron chi connectivity index (χ2n) is 3.00. The molecule has 15 heavy (non-hydrogen) atoms. The SMILES string of the molecule is O=C(C[S])NCc1nc2ccccc2s1. The Bertz CT molecular complexity index is 448. The first-order valence-electron chi connectivity index (χ1n) is 4.49. The molecule has 0 fully saturated rings. The van der Waals surface area contributed by atoms with Crippen molar-refractivity contribution in [2.24, 2.45) is 0 Å². The summed E-state index contributed by atoms with van der Waals surface area (Å²) >= 11 is 6.22. The van der Waals surface area contributed by atoms with Gasteiger partial charge in [0.15, 0.2) is 0 Å². The normalized spacial score (nSPS) is 10.5. The molecular weight excluding hydrogens is 228 g/mol. The monoisotopic (exact) mass is 237 g/mol. The van der Waals surface area contributed by atoms with Gasteiger partial charge in [0.1, 0.15) is 5.01 Å². The molecule has 1 heterocycles. The van der Waals surface area contributed by atoms with E-state index in [9.17, 15) is 4.79 Å². The largest absolute Gasteiger partial charge is 0.349 e. The van der Waals surface area contributed by atoms with Gasteiger partial charge in [0.2, 0.25) is 5.91 Å². The third-order valence-corrected chi connectivity index (χ3v) is 3.20. The van der Waals surface area contributed by atoms with Gasteiger partial charge >= 0.3 is 0 Å². The molecule has 0 atom stereocenters. The molecule has 1 aromatic heterocycles. The zero-order valence-corrected chi connectivity index (χ0v) is 9.53. The molecule has 0 aliphatic carbocycles. The first kappa shape index (κ1) is 10.4. The zero-order valence-electron chi connectivity index (χ0n) is 7.90. The number of thiazole rings is 1. The minimum absolute atomic E-state index is 0.102. The van der Waals surface area contributed by atoms with Crippen molar-refractivity contribution >= 4 is 40.1 Å². The topological polar surface area (TPSA) is 42.0 Å². The molecule has 77 valence electrons. The average molecular weight is 237 g/mol. The molecule has 0 unspecified atom stereocenters. The van der Waals surface area contributed by atoms with Crippen molar-refractivity contribution in [1.82, 2.24) is 10.3 Å². The lowest BCUT2D eigenvalue weighted by atomic mass is 10.3. The van der Waals surface area contributed by atoms with Gasteiger partial charge in [0, 0.05) is 0 Å². The van der Waals surface area contributed by atoms with Gasteiger partial charge in [-0.3, -0.25) is 4.79 Å². The molecule has 1 radical (unpaired) electrons. The van der Waals surface area contributed by atoms with Gasteiger partial charge in [0.05, 0.1) is 22.5 Å². The summed E-state index contributed by atoms with van der Waals surface area (Å²) in [5, 5.41) is 3.62. The third kappa shape index (κ3) is 2.49. The maximum Gasteiger partial charge on any atom is 0.231 e. The van der Waals surface area contributed by atoms with E-state index in [0.717, 1.165) is 15.2 Å². The van der Waals surface area contributed by atoms with E-state index in [0.29, 0.717) is 6.54 Å². The highest BCUT2D eigenvalue weighted by Crippen LogP contribution is 2.21. The van der Waals surface area contributed by atoms with E-state index in [-0.39, 0.29) is 11.7 Å². The fourth-order valence-electron chi connectivity index (χ4n) is 1.22. The van der Waals surface area contributed by atoms with Gasteiger partial charge in [-0.1, -0.05) is 24.8 Å². The maximum atomic E-state index is 11.0. The minimum atomic E-state index is -0.121. The number of rotatable bonds is 3. The summed E-state index contributed by atoms with van der Waals surface area (Å²) in [5.74, 6) is -0.0190. The fraction of sp³-hybridized carbons (Fsp3) is 0.200. The molecule has 3 nitrogen and oxygen atoms in total. The third-order valence-electron chi connectivity index (χ3n) is 1.91. The summed E-state index contributed by atoms with van der Waals surface area (Å²) in [4.78, 5) is 15.4. The Kier molecular flexibility index (Phi) is 3.23. The lowest BCUT2D eigenvalue weighted by molar-refractivity contribution is -0.118. The van der Waals surface area contributed by atoms with E-state index in [4.69, 9.17) is 0 Å². The van der Waals surface area contributed by atoms with Crippen molar-refractivity contribution in [3.05, 3.63) is 29.3 Å². The molecule has 0 saturated heterocycles. The van der Waals surface area contributed by atoms with Gasteiger partial charge < -0.3 is 5.32 Å². The fourth-order valence-corrected chi connectivity index (χ4v) is 2.23. The van der Waals surface area contributed by atoms with Gasteiger partial charge in [-0.15, -0.1) is 11.3 Å². The molecular formula is C10H9N2OS2. The zero-order chi connectivity index (χ0) is 10.7. The van der Waals surface area contributed by atoms with Crippen LogP contribution in [0.3, 0.4) is 0 Å². The van der Waals surface area contributed by atoms with Crippen LogP contribution in [0.5, 0.6) is 0 Å². The number of para-hydroxylation sites is 1. The van der Waals surface area contributed by atoms with Crippen molar-refractivity contribution in [1.29, 1.82) is 0 Å². The van der Waals surface area contributed by atoms with Crippen LogP contribution in [0.4, 0.5) is 0 Å². The Hall–Kier alpha value is -1.07. The van der Waals surface area contributed by atoms with Gasteiger partial charge in [0.25, 0.3) is 0 Å². The van der Waals surface area contributed by atoms with E-state index in [1.54, 1.807) is 11.3 Å². The number of nitrogens with zero attached hydrogens (tertiary/aromatic N) is 1. The predicted molar refractivity (Wildman–Crippen MR) is 63.9 cm³/mol. The van der Waals surface area contributed by atoms with Gasteiger partial charge in [-0.2, -0.15) is 0 Å². The quantitative estimate of drug-likeness (QED) is 0.888. The Labute approximate surface area is 96.9 Å². The highest BCUT2D eigenvalue weighted by Gasteiger charge is 2.04. The molecule has 1 N–H and O–H groups in total. The highest BCUT2D eigenvalue weighted by molar-refractivity contribution is 7.81. The summed E-state index contributed by atoms with van der Waals surface area (Å²) in [5.41, 5.74) is 0.977. The van der Waals surface area contributed by atoms with E-state index in [2.05, 4.69) is 22.9 Å². The first-order chi connectivity index (χ1) is 7.29. The molecule has 0 bridgehead atoms. The lowest BCUT2D eigenvalue weighted by Crippen LogP contribution is -2.23. The molecule has 0 spiro atoms. The standard InChI is InChI=1S/C10H9N2OS2/c13-9(6-14)11-5-10-12-7-3-1-2-4-8(7)15-10/h1-4H,5-6H2,(H,11,13). The van der Waals surface area contributed by atoms with E-state index in [1.165, 1.54) is 0 Å². The van der Waals surface area contributed by atoms with Crippen LogP contribution in [-0.4, -0.2) is 16.6 Å². The molecule has 0 aliphatic rings. The van der Waals surface area contributed by atoms with E-state index >= 15 is 0 Å². The van der Waals surface area contributed by atoms with Crippen molar-refractivity contribution in [3.63, 3.8) is 0 Å². The number of hydrogen-bond acceptors (Lipinski definition) is 3. The van der Waals surface area contributed by atoms with Crippen LogP contribution in [0.15, 0.2) is 24.3 Å². The number of benzene rings is 1. The minimum Gasteiger partial charge on any atom is -0.349 e. The summed E-state index contributed by atoms with van der Waals surface area (Å²) < 4.78 is 1.14. The molecule has 0 saturated carbocycles. The van der Waals surface area contributed by atoms with Crippen LogP contribution in [0, 0.1) is 0 Å². The van der Waals surface area contributed by atoms with Gasteiger partial charge in [-0.25, -0.2) is 4.98 Å². The second kappa shape index (κ2) is 4.63. The van der Waals surface area contributed by atoms with Crippen molar-refractivity contribution < 1.29 is 4.79 Å². The number of carbonyl (C=O) groups excluding carboxylic acids is 1. The summed E-state index contributed by atoms with van der Waals surface area (Å²) in [7, 11) is 0. The average Bonchev–Trinajstić information content (AvgIpc) is 2.68. The smallest absolute Gasteiger partial charge is 0.231 e. The summed E-state index contributed by atoms with van der Waals surface area (Å²) in [6.07, 6.45) is 0. The first-order valence-corrected chi connectivity index (χ1v) is 5.88. The number of amides is 1. The Morgan fingerprint density at radius 1 is 1.47 bits per heavy atom. The number of carbonyl (C=O) groups is 1. The molecule has 5 heteroatoms. The molecule has 1 aromatic carbocycles. The van der Waals surface area contributed by atoms with Crippen LogP contribution < -0.4 is 5.32 Å². The Balaban J connectivity index is 2.12. The highest BCUT2D eigenvalue weighted by atomic mass is 32.1. The Morgan fingerprint density at radius 2 is 2.27 bits per heavy atom. The van der Waals surface area contributed by atoms with Crippen LogP contribution in [0.25, 0.3) is 10.2 Å². The molecule has 2 aromatic rings. The lowest BCUT2D eigenvalue weighted by Gasteiger charge is -1.97. The van der Waals surface area contributed by atoms with Crippen LogP contribution in [0.1, 0.15) is 5.01 Å². The van der Waals surface area contributed by atoms with Crippen LogP contribution in [-0.2, 0) is 11.3 Å². The van der Waals surface area contributed by atoms with Crippen molar-refractivity contribution in [2.45, 2.75) is 6.54 Å². The number of fused-ring (bicyclic) bond motifs is 1. The Morgan fingerprint density at radius 3 is 3.00 bits per heavy atom. The summed E-state index contributed by atoms with van der Waals surface area (Å²) in [6, 6.07) is 7.91.